The fourth-order valence-corrected chi connectivity index (χ4v) is 3.33. The number of aromatic nitrogens is 1. The Hall–Kier alpha value is -2.46. The summed E-state index contributed by atoms with van der Waals surface area (Å²) in [5, 5.41) is 0.963. The van der Waals surface area contributed by atoms with E-state index in [-0.39, 0.29) is 6.04 Å². The lowest BCUT2D eigenvalue weighted by Gasteiger charge is -2.25. The van der Waals surface area contributed by atoms with E-state index in [0.29, 0.717) is 18.0 Å². The maximum atomic E-state index is 6.19. The highest BCUT2D eigenvalue weighted by Gasteiger charge is 2.23. The van der Waals surface area contributed by atoms with E-state index in [4.69, 9.17) is 14.4 Å². The van der Waals surface area contributed by atoms with Gasteiger partial charge >= 0.3 is 0 Å². The Labute approximate surface area is 155 Å². The molecule has 0 saturated heterocycles. The summed E-state index contributed by atoms with van der Waals surface area (Å²) in [5.74, 6) is 1.11. The van der Waals surface area contributed by atoms with Crippen molar-refractivity contribution in [2.24, 2.45) is 10.9 Å². The van der Waals surface area contributed by atoms with Crippen LogP contribution in [-0.4, -0.2) is 30.5 Å². The molecule has 1 unspecified atom stereocenters. The molecule has 0 aliphatic heterocycles. The lowest BCUT2D eigenvalue weighted by atomic mass is 10.0. The molecule has 3 aromatic rings. The van der Waals surface area contributed by atoms with E-state index in [1.165, 1.54) is 5.56 Å². The third kappa shape index (κ3) is 4.20. The molecule has 1 heterocycles. The summed E-state index contributed by atoms with van der Waals surface area (Å²) < 4.78 is 6.19. The predicted molar refractivity (Wildman–Crippen MR) is 106 cm³/mol. The summed E-state index contributed by atoms with van der Waals surface area (Å²) in [5.41, 5.74) is 2.89. The lowest BCUT2D eigenvalue weighted by molar-refractivity contribution is 0.187. The van der Waals surface area contributed by atoms with Crippen LogP contribution in [0.4, 0.5) is 0 Å². The van der Waals surface area contributed by atoms with Gasteiger partial charge in [-0.15, -0.1) is 0 Å². The lowest BCUT2D eigenvalue weighted by Crippen LogP contribution is -2.27. The normalized spacial score (nSPS) is 13.7. The molecule has 4 nitrogen and oxygen atoms in total. The third-order valence-corrected chi connectivity index (χ3v) is 4.51. The van der Waals surface area contributed by atoms with Gasteiger partial charge in [-0.3, -0.25) is 9.89 Å². The number of fused-ring (bicyclic) bond motifs is 1. The van der Waals surface area contributed by atoms with E-state index in [9.17, 15) is 0 Å². The molecule has 26 heavy (non-hydrogen) atoms. The Morgan fingerprint density at radius 1 is 1.00 bits per heavy atom. The summed E-state index contributed by atoms with van der Waals surface area (Å²) in [7, 11) is 4.12. The van der Waals surface area contributed by atoms with Gasteiger partial charge in [0, 0.05) is 6.54 Å². The maximum Gasteiger partial charge on any atom is 0.225 e. The van der Waals surface area contributed by atoms with E-state index in [0.717, 1.165) is 23.2 Å². The van der Waals surface area contributed by atoms with Crippen LogP contribution in [0.15, 0.2) is 64.0 Å². The first kappa shape index (κ1) is 18.3. The minimum Gasteiger partial charge on any atom is -0.423 e. The molecule has 1 aromatic heterocycles. The first-order chi connectivity index (χ1) is 12.6. The van der Waals surface area contributed by atoms with Gasteiger partial charge in [0.2, 0.25) is 11.4 Å². The highest BCUT2D eigenvalue weighted by Crippen LogP contribution is 2.25. The molecule has 0 saturated carbocycles. The fraction of sp³-hybridized carbons (Fsp3) is 0.364. The molecule has 0 spiro atoms. The van der Waals surface area contributed by atoms with E-state index >= 15 is 0 Å². The monoisotopic (exact) mass is 349 g/mol. The van der Waals surface area contributed by atoms with E-state index in [1.54, 1.807) is 0 Å². The molecule has 4 heteroatoms. The fourth-order valence-electron chi connectivity index (χ4n) is 3.33. The quantitative estimate of drug-likeness (QED) is 0.669. The molecule has 1 atom stereocenters. The molecule has 3 rings (SSSR count). The maximum absolute atomic E-state index is 6.19. The van der Waals surface area contributed by atoms with Crippen LogP contribution in [0.1, 0.15) is 31.3 Å². The van der Waals surface area contributed by atoms with Gasteiger partial charge in [0.05, 0.1) is 16.9 Å². The molecule has 2 aromatic carbocycles. The minimum absolute atomic E-state index is 0.114. The van der Waals surface area contributed by atoms with E-state index < -0.39 is 0 Å². The zero-order chi connectivity index (χ0) is 18.5. The molecular formula is C22H27N3O. The van der Waals surface area contributed by atoms with Gasteiger partial charge in [-0.25, -0.2) is 4.98 Å². The first-order valence-corrected chi connectivity index (χ1v) is 9.17. The van der Waals surface area contributed by atoms with Gasteiger partial charge in [-0.1, -0.05) is 56.3 Å². The number of rotatable bonds is 6. The molecule has 0 radical (unpaired) electrons. The first-order valence-electron chi connectivity index (χ1n) is 9.17. The van der Waals surface area contributed by atoms with Crippen molar-refractivity contribution in [1.29, 1.82) is 0 Å². The van der Waals surface area contributed by atoms with E-state index in [2.05, 4.69) is 57.1 Å². The number of hydrogen-bond donors (Lipinski definition) is 0. The molecule has 0 bridgehead atoms. The molecular weight excluding hydrogens is 322 g/mol. The summed E-state index contributed by atoms with van der Waals surface area (Å²) >= 11 is 0. The van der Waals surface area contributed by atoms with Crippen LogP contribution < -0.4 is 5.55 Å². The third-order valence-electron chi connectivity index (χ3n) is 4.51. The standard InChI is InChI=1S/C22H27N3O/c1-16(2)20(25(3)4)22-24-19-13-9-8-12-18(19)21(26-22)23-15-14-17-10-6-5-7-11-17/h5-13,16,20H,14-15H2,1-4H3. The summed E-state index contributed by atoms with van der Waals surface area (Å²) in [4.78, 5) is 11.7. The molecule has 136 valence electrons. The van der Waals surface area contributed by atoms with Crippen LogP contribution in [0.2, 0.25) is 0 Å². The van der Waals surface area contributed by atoms with Crippen LogP contribution in [0.3, 0.4) is 0 Å². The SMILES string of the molecule is CC(C)C(c1nc2ccccc2c(=NCCc2ccccc2)o1)N(C)C. The predicted octanol–water partition coefficient (Wildman–Crippen LogP) is 4.23. The second-order valence-electron chi connectivity index (χ2n) is 7.14. The van der Waals surface area contributed by atoms with Crippen LogP contribution >= 0.6 is 0 Å². The Bertz CT molecular complexity index is 905. The summed E-state index contributed by atoms with van der Waals surface area (Å²) in [6, 6.07) is 18.6. The largest absolute Gasteiger partial charge is 0.423 e. The van der Waals surface area contributed by atoms with Crippen LogP contribution in [0.25, 0.3) is 10.9 Å². The number of hydrogen-bond acceptors (Lipinski definition) is 4. The van der Waals surface area contributed by atoms with Crippen LogP contribution in [0.5, 0.6) is 0 Å². The molecule has 0 aliphatic rings. The zero-order valence-corrected chi connectivity index (χ0v) is 16.0. The molecule has 0 aliphatic carbocycles. The second-order valence-corrected chi connectivity index (χ2v) is 7.14. The van der Waals surface area contributed by atoms with Crippen molar-refractivity contribution in [2.75, 3.05) is 20.6 Å². The Kier molecular flexibility index (Phi) is 5.84. The topological polar surface area (TPSA) is 41.6 Å². The van der Waals surface area contributed by atoms with Gasteiger partial charge in [-0.05, 0) is 44.1 Å². The van der Waals surface area contributed by atoms with Crippen molar-refractivity contribution in [3.05, 3.63) is 71.6 Å². The second kappa shape index (κ2) is 8.28. The van der Waals surface area contributed by atoms with Gasteiger partial charge in [0.15, 0.2) is 0 Å². The van der Waals surface area contributed by atoms with Gasteiger partial charge in [-0.2, -0.15) is 0 Å². The van der Waals surface area contributed by atoms with Gasteiger partial charge < -0.3 is 4.42 Å². The Balaban J connectivity index is 2.01. The Morgan fingerprint density at radius 2 is 1.69 bits per heavy atom. The number of nitrogens with zero attached hydrogens (tertiary/aromatic N) is 3. The molecule has 0 N–H and O–H groups in total. The molecule has 0 amide bonds. The van der Waals surface area contributed by atoms with Crippen LogP contribution in [0, 0.1) is 5.92 Å². The highest BCUT2D eigenvalue weighted by atomic mass is 16.3. The van der Waals surface area contributed by atoms with E-state index in [1.807, 2.05) is 30.3 Å². The summed E-state index contributed by atoms with van der Waals surface area (Å²) in [6.07, 6.45) is 0.892. The number of para-hydroxylation sites is 1. The average Bonchev–Trinajstić information content (AvgIpc) is 2.62. The van der Waals surface area contributed by atoms with Crippen molar-refractivity contribution in [3.63, 3.8) is 0 Å². The highest BCUT2D eigenvalue weighted by molar-refractivity contribution is 5.76. The number of benzene rings is 2. The van der Waals surface area contributed by atoms with Gasteiger partial charge in [0.25, 0.3) is 0 Å². The molecule has 0 fully saturated rings. The Morgan fingerprint density at radius 3 is 2.38 bits per heavy atom. The van der Waals surface area contributed by atoms with Gasteiger partial charge in [0.1, 0.15) is 0 Å². The van der Waals surface area contributed by atoms with Crippen molar-refractivity contribution >= 4 is 10.9 Å². The van der Waals surface area contributed by atoms with Crippen LogP contribution in [-0.2, 0) is 6.42 Å². The van der Waals surface area contributed by atoms with Crippen molar-refractivity contribution in [2.45, 2.75) is 26.3 Å². The van der Waals surface area contributed by atoms with Crippen molar-refractivity contribution < 1.29 is 4.42 Å². The zero-order valence-electron chi connectivity index (χ0n) is 16.0. The summed E-state index contributed by atoms with van der Waals surface area (Å²) in [6.45, 7) is 5.06. The minimum atomic E-state index is 0.114. The van der Waals surface area contributed by atoms with Crippen molar-refractivity contribution in [3.8, 4) is 0 Å². The average molecular weight is 349 g/mol. The van der Waals surface area contributed by atoms with Crippen molar-refractivity contribution in [1.82, 2.24) is 9.88 Å². The smallest absolute Gasteiger partial charge is 0.225 e.